The highest BCUT2D eigenvalue weighted by Gasteiger charge is 2.29. The number of aryl methyl sites for hydroxylation is 2. The number of hydrogen-bond acceptors (Lipinski definition) is 4. The monoisotopic (exact) mass is 545 g/mol. The summed E-state index contributed by atoms with van der Waals surface area (Å²) in [6.07, 6.45) is 6.54. The molecule has 0 radical (unpaired) electrons. The number of nitrogens with one attached hydrogen (secondary N) is 1. The van der Waals surface area contributed by atoms with Crippen LogP contribution in [0, 0.1) is 19.7 Å². The predicted octanol–water partition coefficient (Wildman–Crippen LogP) is 4.85. The lowest BCUT2D eigenvalue weighted by Crippen LogP contribution is -2.50. The Morgan fingerprint density at radius 1 is 1.08 bits per heavy atom. The Morgan fingerprint density at radius 2 is 1.76 bits per heavy atom. The largest absolute Gasteiger partial charge is 0.352 e. The second kappa shape index (κ2) is 13.2. The highest BCUT2D eigenvalue weighted by atomic mass is 32.2. The van der Waals surface area contributed by atoms with Gasteiger partial charge < -0.3 is 10.2 Å². The first kappa shape index (κ1) is 29.6. The average Bonchev–Trinajstić information content (AvgIpc) is 2.87. The molecular formula is C29H40FN3O4S. The van der Waals surface area contributed by atoms with Crippen molar-refractivity contribution in [1.82, 2.24) is 10.2 Å². The number of amides is 2. The Kier molecular flexibility index (Phi) is 10.3. The molecule has 1 aliphatic carbocycles. The number of anilines is 1. The van der Waals surface area contributed by atoms with Crippen LogP contribution >= 0.6 is 0 Å². The molecule has 0 heterocycles. The molecule has 0 unspecified atom stereocenters. The lowest BCUT2D eigenvalue weighted by atomic mass is 9.95. The highest BCUT2D eigenvalue weighted by Crippen LogP contribution is 2.25. The van der Waals surface area contributed by atoms with E-state index < -0.39 is 21.9 Å². The van der Waals surface area contributed by atoms with E-state index in [2.05, 4.69) is 5.32 Å². The van der Waals surface area contributed by atoms with Crippen LogP contribution < -0.4 is 9.62 Å². The second-order valence-electron chi connectivity index (χ2n) is 10.4. The van der Waals surface area contributed by atoms with Crippen LogP contribution in [-0.4, -0.2) is 50.0 Å². The number of hydrogen-bond donors (Lipinski definition) is 1. The van der Waals surface area contributed by atoms with Crippen LogP contribution in [0.5, 0.6) is 0 Å². The zero-order valence-corrected chi connectivity index (χ0v) is 23.7. The summed E-state index contributed by atoms with van der Waals surface area (Å²) < 4.78 is 41.0. The number of carbonyl (C=O) groups is 2. The molecule has 0 saturated heterocycles. The first-order valence-electron chi connectivity index (χ1n) is 13.4. The molecule has 1 N–H and O–H groups in total. The van der Waals surface area contributed by atoms with Crippen LogP contribution in [0.2, 0.25) is 0 Å². The third kappa shape index (κ3) is 8.03. The Labute approximate surface area is 226 Å². The predicted molar refractivity (Wildman–Crippen MR) is 149 cm³/mol. The Balaban J connectivity index is 1.75. The maximum absolute atomic E-state index is 14.5. The summed E-state index contributed by atoms with van der Waals surface area (Å²) in [5.41, 5.74) is 2.67. The van der Waals surface area contributed by atoms with E-state index in [0.717, 1.165) is 49.5 Å². The van der Waals surface area contributed by atoms with Gasteiger partial charge in [-0.25, -0.2) is 12.8 Å². The number of rotatable bonds is 11. The Bertz CT molecular complexity index is 1230. The molecule has 0 bridgehead atoms. The third-order valence-corrected chi connectivity index (χ3v) is 8.38. The number of benzene rings is 2. The van der Waals surface area contributed by atoms with E-state index in [1.165, 1.54) is 15.3 Å². The van der Waals surface area contributed by atoms with Crippen molar-refractivity contribution >= 4 is 27.5 Å². The van der Waals surface area contributed by atoms with Crippen LogP contribution in [0.4, 0.5) is 10.1 Å². The van der Waals surface area contributed by atoms with E-state index in [9.17, 15) is 22.4 Å². The van der Waals surface area contributed by atoms with Gasteiger partial charge in [0, 0.05) is 31.1 Å². The normalized spacial score (nSPS) is 15.1. The fraction of sp³-hybridized carbons (Fsp3) is 0.517. The summed E-state index contributed by atoms with van der Waals surface area (Å²) in [7, 11) is -3.58. The van der Waals surface area contributed by atoms with Gasteiger partial charge in [0.05, 0.1) is 11.9 Å². The van der Waals surface area contributed by atoms with Gasteiger partial charge >= 0.3 is 0 Å². The molecule has 2 amide bonds. The summed E-state index contributed by atoms with van der Waals surface area (Å²) in [5.74, 6) is -1.02. The molecule has 1 aliphatic rings. The van der Waals surface area contributed by atoms with Crippen LogP contribution in [0.25, 0.3) is 0 Å². The van der Waals surface area contributed by atoms with Gasteiger partial charge in [0.25, 0.3) is 0 Å². The van der Waals surface area contributed by atoms with Crippen LogP contribution in [0.15, 0.2) is 42.5 Å². The quantitative estimate of drug-likeness (QED) is 0.437. The molecule has 2 aromatic rings. The molecular weight excluding hydrogens is 505 g/mol. The fourth-order valence-electron chi connectivity index (χ4n) is 4.93. The number of carbonyl (C=O) groups excluding carboxylic acids is 2. The first-order chi connectivity index (χ1) is 18.0. The van der Waals surface area contributed by atoms with Crippen LogP contribution in [0.1, 0.15) is 68.6 Å². The van der Waals surface area contributed by atoms with E-state index in [0.29, 0.717) is 11.3 Å². The molecule has 7 nitrogen and oxygen atoms in total. The molecule has 0 aromatic heterocycles. The van der Waals surface area contributed by atoms with Crippen molar-refractivity contribution in [3.63, 3.8) is 0 Å². The van der Waals surface area contributed by atoms with Gasteiger partial charge in [-0.3, -0.25) is 13.9 Å². The van der Waals surface area contributed by atoms with Gasteiger partial charge in [0.2, 0.25) is 21.8 Å². The maximum Gasteiger partial charge on any atom is 0.242 e. The topological polar surface area (TPSA) is 86.8 Å². The Morgan fingerprint density at radius 3 is 2.42 bits per heavy atom. The zero-order chi connectivity index (χ0) is 27.9. The van der Waals surface area contributed by atoms with Crippen molar-refractivity contribution in [2.24, 2.45) is 0 Å². The minimum atomic E-state index is -3.58. The molecule has 3 rings (SSSR count). The maximum atomic E-state index is 14.5. The molecule has 1 saturated carbocycles. The summed E-state index contributed by atoms with van der Waals surface area (Å²) in [5, 5.41) is 3.07. The van der Waals surface area contributed by atoms with Gasteiger partial charge in [-0.05, 0) is 63.3 Å². The summed E-state index contributed by atoms with van der Waals surface area (Å²) >= 11 is 0. The van der Waals surface area contributed by atoms with Gasteiger partial charge in [0.1, 0.15) is 11.9 Å². The molecule has 0 spiro atoms. The smallest absolute Gasteiger partial charge is 0.242 e. The highest BCUT2D eigenvalue weighted by molar-refractivity contribution is 7.92. The molecule has 1 atom stereocenters. The van der Waals surface area contributed by atoms with Gasteiger partial charge in [0.15, 0.2) is 0 Å². The standard InChI is InChI=1S/C29H40FN3O4S/c1-21-16-17-22(2)27(19-21)33(38(4,36)37)18-10-15-28(34)32(20-24-11-8-9-14-26(24)30)23(3)29(35)31-25-12-6-5-7-13-25/h8-9,11,14,16-17,19,23,25H,5-7,10,12-13,15,18,20H2,1-4H3,(H,31,35)/t23-/m0/s1. The van der Waals surface area contributed by atoms with E-state index in [-0.39, 0.29) is 43.8 Å². The van der Waals surface area contributed by atoms with Gasteiger partial charge in [-0.2, -0.15) is 0 Å². The SMILES string of the molecule is Cc1ccc(C)c(N(CCCC(=O)N(Cc2ccccc2F)[C@@H](C)C(=O)NC2CCCCC2)S(C)(=O)=O)c1. The fourth-order valence-corrected chi connectivity index (χ4v) is 5.95. The summed E-state index contributed by atoms with van der Waals surface area (Å²) in [6.45, 7) is 5.48. The van der Waals surface area contributed by atoms with Crippen molar-refractivity contribution in [2.75, 3.05) is 17.1 Å². The molecule has 9 heteroatoms. The van der Waals surface area contributed by atoms with Crippen LogP contribution in [-0.2, 0) is 26.2 Å². The van der Waals surface area contributed by atoms with Gasteiger partial charge in [-0.1, -0.05) is 49.6 Å². The summed E-state index contributed by atoms with van der Waals surface area (Å²) in [4.78, 5) is 28.0. The lowest BCUT2D eigenvalue weighted by Gasteiger charge is -2.31. The zero-order valence-electron chi connectivity index (χ0n) is 22.9. The van der Waals surface area contributed by atoms with E-state index >= 15 is 0 Å². The van der Waals surface area contributed by atoms with Crippen molar-refractivity contribution in [2.45, 2.75) is 84.3 Å². The molecule has 2 aromatic carbocycles. The van der Waals surface area contributed by atoms with Crippen LogP contribution in [0.3, 0.4) is 0 Å². The molecule has 0 aliphatic heterocycles. The number of nitrogens with zero attached hydrogens (tertiary/aromatic N) is 2. The summed E-state index contributed by atoms with van der Waals surface area (Å²) in [6, 6.07) is 11.1. The van der Waals surface area contributed by atoms with E-state index in [4.69, 9.17) is 0 Å². The molecule has 1 fully saturated rings. The van der Waals surface area contributed by atoms with Gasteiger partial charge in [-0.15, -0.1) is 0 Å². The van der Waals surface area contributed by atoms with E-state index in [1.807, 2.05) is 32.0 Å². The van der Waals surface area contributed by atoms with E-state index in [1.54, 1.807) is 25.1 Å². The Hall–Kier alpha value is -2.94. The lowest BCUT2D eigenvalue weighted by molar-refractivity contribution is -0.141. The number of halogens is 1. The van der Waals surface area contributed by atoms with Crippen molar-refractivity contribution in [1.29, 1.82) is 0 Å². The minimum Gasteiger partial charge on any atom is -0.352 e. The molecule has 208 valence electrons. The van der Waals surface area contributed by atoms with Crippen molar-refractivity contribution in [3.8, 4) is 0 Å². The van der Waals surface area contributed by atoms with Crippen molar-refractivity contribution < 1.29 is 22.4 Å². The van der Waals surface area contributed by atoms with Crippen molar-refractivity contribution in [3.05, 3.63) is 65.0 Å². The minimum absolute atomic E-state index is 0.0202. The second-order valence-corrected chi connectivity index (χ2v) is 12.3. The number of sulfonamides is 1. The third-order valence-electron chi connectivity index (χ3n) is 7.20. The molecule has 38 heavy (non-hydrogen) atoms. The first-order valence-corrected chi connectivity index (χ1v) is 15.2. The average molecular weight is 546 g/mol.